The van der Waals surface area contributed by atoms with Gasteiger partial charge in [-0.05, 0) is 36.8 Å². The van der Waals surface area contributed by atoms with Gasteiger partial charge in [-0.2, -0.15) is 0 Å². The van der Waals surface area contributed by atoms with Gasteiger partial charge in [-0.25, -0.2) is 8.42 Å². The summed E-state index contributed by atoms with van der Waals surface area (Å²) in [6.45, 7) is 1.72. The Hall–Kier alpha value is -1.92. The van der Waals surface area contributed by atoms with Crippen LogP contribution in [0.1, 0.15) is 5.56 Å². The Balaban J connectivity index is 2.52. The predicted octanol–water partition coefficient (Wildman–Crippen LogP) is 2.76. The summed E-state index contributed by atoms with van der Waals surface area (Å²) in [7, 11) is -2.42. The molecule has 0 heterocycles. The SMILES string of the molecule is Cc1c(N)cc(S(=O)(=O)N(C)c2cccc(O)c2)cc1Cl. The molecule has 0 saturated heterocycles. The van der Waals surface area contributed by atoms with Gasteiger partial charge in [0.1, 0.15) is 5.75 Å². The molecule has 2 aromatic carbocycles. The van der Waals surface area contributed by atoms with E-state index in [1.807, 2.05) is 0 Å². The molecule has 0 aliphatic carbocycles. The highest BCUT2D eigenvalue weighted by atomic mass is 35.5. The zero-order valence-corrected chi connectivity index (χ0v) is 13.1. The van der Waals surface area contributed by atoms with Gasteiger partial charge in [0.2, 0.25) is 0 Å². The molecule has 3 N–H and O–H groups in total. The second-order valence-electron chi connectivity index (χ2n) is 4.61. The maximum atomic E-state index is 12.6. The number of rotatable bonds is 3. The Labute approximate surface area is 128 Å². The Bertz CT molecular complexity index is 768. The number of hydrogen-bond donors (Lipinski definition) is 2. The lowest BCUT2D eigenvalue weighted by Crippen LogP contribution is -2.26. The third-order valence-corrected chi connectivity index (χ3v) is 5.37. The van der Waals surface area contributed by atoms with Crippen molar-refractivity contribution in [2.75, 3.05) is 17.1 Å². The molecule has 0 spiro atoms. The lowest BCUT2D eigenvalue weighted by atomic mass is 10.2. The number of nitrogen functional groups attached to an aromatic ring is 1. The number of phenolic OH excluding ortho intramolecular Hbond substituents is 1. The summed E-state index contributed by atoms with van der Waals surface area (Å²) in [6, 6.07) is 8.70. The average molecular weight is 327 g/mol. The summed E-state index contributed by atoms with van der Waals surface area (Å²) in [5, 5.41) is 9.75. The van der Waals surface area contributed by atoms with Crippen molar-refractivity contribution in [3.8, 4) is 5.75 Å². The van der Waals surface area contributed by atoms with Crippen LogP contribution in [0.5, 0.6) is 5.75 Å². The molecule has 5 nitrogen and oxygen atoms in total. The first-order valence-electron chi connectivity index (χ1n) is 6.07. The highest BCUT2D eigenvalue weighted by Crippen LogP contribution is 2.30. The molecule has 7 heteroatoms. The van der Waals surface area contributed by atoms with Gasteiger partial charge in [-0.3, -0.25) is 4.31 Å². The predicted molar refractivity (Wildman–Crippen MR) is 84.3 cm³/mol. The highest BCUT2D eigenvalue weighted by molar-refractivity contribution is 7.92. The summed E-state index contributed by atoms with van der Waals surface area (Å²) in [5.41, 5.74) is 7.06. The minimum absolute atomic E-state index is 0.00134. The van der Waals surface area contributed by atoms with Crippen molar-refractivity contribution in [2.45, 2.75) is 11.8 Å². The summed E-state index contributed by atoms with van der Waals surface area (Å²) in [4.78, 5) is 0.00134. The molecule has 0 aliphatic heterocycles. The van der Waals surface area contributed by atoms with E-state index in [0.29, 0.717) is 16.9 Å². The molecular formula is C14H15ClN2O3S. The molecule has 0 atom stereocenters. The second kappa shape index (κ2) is 5.46. The third-order valence-electron chi connectivity index (χ3n) is 3.21. The van der Waals surface area contributed by atoms with Crippen LogP contribution in [0.3, 0.4) is 0 Å². The Morgan fingerprint density at radius 3 is 2.48 bits per heavy atom. The third kappa shape index (κ3) is 2.91. The molecule has 0 fully saturated rings. The summed E-state index contributed by atoms with van der Waals surface area (Å²) in [6.07, 6.45) is 0. The van der Waals surface area contributed by atoms with E-state index in [2.05, 4.69) is 0 Å². The topological polar surface area (TPSA) is 83.6 Å². The molecule has 0 amide bonds. The van der Waals surface area contributed by atoms with Crippen LogP contribution in [-0.2, 0) is 10.0 Å². The first-order valence-corrected chi connectivity index (χ1v) is 7.89. The number of nitrogens with two attached hydrogens (primary N) is 1. The lowest BCUT2D eigenvalue weighted by Gasteiger charge is -2.20. The van der Waals surface area contributed by atoms with Gasteiger partial charge in [0.25, 0.3) is 10.0 Å². The molecular weight excluding hydrogens is 312 g/mol. The Morgan fingerprint density at radius 1 is 1.24 bits per heavy atom. The molecule has 0 aliphatic rings. The van der Waals surface area contributed by atoms with E-state index >= 15 is 0 Å². The van der Waals surface area contributed by atoms with Gasteiger partial charge in [-0.1, -0.05) is 17.7 Å². The van der Waals surface area contributed by atoms with Crippen molar-refractivity contribution in [1.29, 1.82) is 0 Å². The van der Waals surface area contributed by atoms with Gasteiger partial charge in [0, 0.05) is 23.8 Å². The van der Waals surface area contributed by atoms with Crippen LogP contribution in [0.4, 0.5) is 11.4 Å². The van der Waals surface area contributed by atoms with Crippen LogP contribution < -0.4 is 10.0 Å². The van der Waals surface area contributed by atoms with Gasteiger partial charge in [-0.15, -0.1) is 0 Å². The van der Waals surface area contributed by atoms with Crippen LogP contribution in [0.2, 0.25) is 5.02 Å². The van der Waals surface area contributed by atoms with Gasteiger partial charge < -0.3 is 10.8 Å². The van der Waals surface area contributed by atoms with Gasteiger partial charge >= 0.3 is 0 Å². The number of anilines is 2. The molecule has 2 rings (SSSR count). The molecule has 0 unspecified atom stereocenters. The van der Waals surface area contributed by atoms with E-state index in [9.17, 15) is 13.5 Å². The molecule has 0 saturated carbocycles. The van der Waals surface area contributed by atoms with E-state index in [0.717, 1.165) is 4.31 Å². The minimum Gasteiger partial charge on any atom is -0.508 e. The van der Waals surface area contributed by atoms with E-state index in [4.69, 9.17) is 17.3 Å². The van der Waals surface area contributed by atoms with Crippen molar-refractivity contribution in [1.82, 2.24) is 0 Å². The zero-order valence-electron chi connectivity index (χ0n) is 11.5. The summed E-state index contributed by atoms with van der Waals surface area (Å²) >= 11 is 6.00. The van der Waals surface area contributed by atoms with Crippen molar-refractivity contribution in [3.63, 3.8) is 0 Å². The highest BCUT2D eigenvalue weighted by Gasteiger charge is 2.23. The molecule has 0 radical (unpaired) electrons. The summed E-state index contributed by atoms with van der Waals surface area (Å²) in [5.74, 6) is -0.0176. The molecule has 21 heavy (non-hydrogen) atoms. The molecule has 0 aromatic heterocycles. The van der Waals surface area contributed by atoms with Crippen LogP contribution in [0.25, 0.3) is 0 Å². The Morgan fingerprint density at radius 2 is 1.90 bits per heavy atom. The van der Waals surface area contributed by atoms with Crippen LogP contribution >= 0.6 is 11.6 Å². The number of phenols is 1. The van der Waals surface area contributed by atoms with E-state index in [-0.39, 0.29) is 15.7 Å². The monoisotopic (exact) mass is 326 g/mol. The van der Waals surface area contributed by atoms with E-state index < -0.39 is 10.0 Å². The molecule has 112 valence electrons. The van der Waals surface area contributed by atoms with Gasteiger partial charge in [0.15, 0.2) is 0 Å². The van der Waals surface area contributed by atoms with E-state index in [1.54, 1.807) is 19.1 Å². The number of nitrogens with zero attached hydrogens (tertiary/aromatic N) is 1. The standard InChI is InChI=1S/C14H15ClN2O3S/c1-9-13(15)7-12(8-14(9)16)21(19,20)17(2)10-4-3-5-11(18)6-10/h3-8,18H,16H2,1-2H3. The largest absolute Gasteiger partial charge is 0.508 e. The maximum Gasteiger partial charge on any atom is 0.264 e. The van der Waals surface area contributed by atoms with Crippen molar-refractivity contribution in [2.24, 2.45) is 0 Å². The van der Waals surface area contributed by atoms with Crippen LogP contribution in [0.15, 0.2) is 41.3 Å². The Kier molecular flexibility index (Phi) is 4.02. The first-order chi connectivity index (χ1) is 9.73. The number of hydrogen-bond acceptors (Lipinski definition) is 4. The number of halogens is 1. The quantitative estimate of drug-likeness (QED) is 0.849. The van der Waals surface area contributed by atoms with E-state index in [1.165, 1.54) is 31.3 Å². The lowest BCUT2D eigenvalue weighted by molar-refractivity contribution is 0.475. The zero-order chi connectivity index (χ0) is 15.8. The average Bonchev–Trinajstić information content (AvgIpc) is 2.43. The number of benzene rings is 2. The fourth-order valence-corrected chi connectivity index (χ4v) is 3.35. The van der Waals surface area contributed by atoms with Crippen molar-refractivity contribution in [3.05, 3.63) is 47.0 Å². The molecule has 2 aromatic rings. The fourth-order valence-electron chi connectivity index (χ4n) is 1.81. The number of aromatic hydroxyl groups is 1. The summed E-state index contributed by atoms with van der Waals surface area (Å²) < 4.78 is 26.2. The van der Waals surface area contributed by atoms with Crippen molar-refractivity contribution < 1.29 is 13.5 Å². The fraction of sp³-hybridized carbons (Fsp3) is 0.143. The van der Waals surface area contributed by atoms with Crippen LogP contribution in [0, 0.1) is 6.92 Å². The van der Waals surface area contributed by atoms with Crippen LogP contribution in [-0.4, -0.2) is 20.6 Å². The van der Waals surface area contributed by atoms with Gasteiger partial charge in [0.05, 0.1) is 10.6 Å². The second-order valence-corrected chi connectivity index (χ2v) is 6.99. The maximum absolute atomic E-state index is 12.6. The minimum atomic E-state index is -3.81. The van der Waals surface area contributed by atoms with Crippen molar-refractivity contribution >= 4 is 33.0 Å². The normalized spacial score (nSPS) is 11.4. The smallest absolute Gasteiger partial charge is 0.264 e. The molecule has 0 bridgehead atoms. The number of sulfonamides is 1. The first kappa shape index (κ1) is 15.5.